The molecule has 29 heavy (non-hydrogen) atoms. The maximum absolute atomic E-state index is 13.0. The van der Waals surface area contributed by atoms with Gasteiger partial charge < -0.3 is 14.5 Å². The van der Waals surface area contributed by atoms with Crippen LogP contribution in [-0.2, 0) is 6.61 Å². The third kappa shape index (κ3) is 4.50. The van der Waals surface area contributed by atoms with Crippen molar-refractivity contribution in [2.24, 2.45) is 0 Å². The zero-order valence-electron chi connectivity index (χ0n) is 15.3. The highest BCUT2D eigenvalue weighted by Crippen LogP contribution is 2.24. The van der Waals surface area contributed by atoms with Crippen molar-refractivity contribution in [2.75, 3.05) is 5.32 Å². The highest BCUT2D eigenvalue weighted by molar-refractivity contribution is 6.06. The Morgan fingerprint density at radius 3 is 2.66 bits per heavy atom. The van der Waals surface area contributed by atoms with Crippen LogP contribution in [0.5, 0.6) is 5.75 Å². The third-order valence-corrected chi connectivity index (χ3v) is 4.28. The summed E-state index contributed by atoms with van der Waals surface area (Å²) >= 11 is 0. The first-order chi connectivity index (χ1) is 14.2. The minimum atomic E-state index is -0.305. The van der Waals surface area contributed by atoms with Gasteiger partial charge in [0, 0.05) is 11.3 Å². The number of aromatic nitrogens is 1. The predicted octanol–water partition coefficient (Wildman–Crippen LogP) is 5.31. The Balaban J connectivity index is 1.49. The van der Waals surface area contributed by atoms with Crippen molar-refractivity contribution in [3.8, 4) is 17.1 Å². The second-order valence-electron chi connectivity index (χ2n) is 6.31. The number of nitrogens with zero attached hydrogens (tertiary/aromatic N) is 1. The van der Waals surface area contributed by atoms with Crippen LogP contribution in [0.3, 0.4) is 0 Å². The summed E-state index contributed by atoms with van der Waals surface area (Å²) in [4.78, 5) is 16.7. The van der Waals surface area contributed by atoms with Crippen LogP contribution in [0.15, 0.2) is 89.8 Å². The van der Waals surface area contributed by atoms with Gasteiger partial charge in [-0.05, 0) is 42.0 Å². The summed E-state index contributed by atoms with van der Waals surface area (Å²) in [5, 5.41) is 2.88. The number of nitrogens with one attached hydrogen (secondary N) is 1. The molecule has 0 saturated heterocycles. The summed E-state index contributed by atoms with van der Waals surface area (Å²) in [5.41, 5.74) is 2.64. The molecule has 6 heteroatoms. The molecule has 0 saturated carbocycles. The van der Waals surface area contributed by atoms with E-state index in [1.165, 1.54) is 18.5 Å². The van der Waals surface area contributed by atoms with E-state index in [9.17, 15) is 9.18 Å². The molecule has 0 aliphatic carbocycles. The van der Waals surface area contributed by atoms with Crippen molar-refractivity contribution in [3.05, 3.63) is 102 Å². The Hall–Kier alpha value is -3.93. The van der Waals surface area contributed by atoms with E-state index in [4.69, 9.17) is 9.15 Å². The van der Waals surface area contributed by atoms with Crippen LogP contribution in [-0.4, -0.2) is 10.9 Å². The summed E-state index contributed by atoms with van der Waals surface area (Å²) in [6, 6.07) is 20.3. The number of oxazole rings is 1. The number of hydrogen-bond donors (Lipinski definition) is 1. The van der Waals surface area contributed by atoms with E-state index in [0.29, 0.717) is 22.8 Å². The molecule has 0 radical (unpaired) electrons. The van der Waals surface area contributed by atoms with Gasteiger partial charge in [-0.1, -0.05) is 36.4 Å². The lowest BCUT2D eigenvalue weighted by atomic mass is 10.1. The molecular formula is C23H17FN2O3. The lowest BCUT2D eigenvalue weighted by molar-refractivity contribution is 0.102. The fourth-order valence-corrected chi connectivity index (χ4v) is 2.83. The molecule has 3 aromatic carbocycles. The Bertz CT molecular complexity index is 1110. The summed E-state index contributed by atoms with van der Waals surface area (Å²) in [5.74, 6) is 0.459. The zero-order chi connectivity index (χ0) is 20.1. The average molecular weight is 388 g/mol. The smallest absolute Gasteiger partial charge is 0.259 e. The molecule has 0 aliphatic heterocycles. The van der Waals surface area contributed by atoms with E-state index >= 15 is 0 Å². The number of hydrogen-bond acceptors (Lipinski definition) is 4. The highest BCUT2D eigenvalue weighted by Gasteiger charge is 2.13. The molecule has 0 spiro atoms. The van der Waals surface area contributed by atoms with Gasteiger partial charge in [0.2, 0.25) is 0 Å². The van der Waals surface area contributed by atoms with Gasteiger partial charge in [-0.2, -0.15) is 0 Å². The van der Waals surface area contributed by atoms with Crippen molar-refractivity contribution in [2.45, 2.75) is 6.61 Å². The van der Waals surface area contributed by atoms with E-state index in [1.54, 1.807) is 54.7 Å². The van der Waals surface area contributed by atoms with E-state index in [0.717, 1.165) is 11.1 Å². The minimum Gasteiger partial charge on any atom is -0.488 e. The lowest BCUT2D eigenvalue weighted by Gasteiger charge is -2.12. The van der Waals surface area contributed by atoms with Gasteiger partial charge in [0.25, 0.3) is 5.91 Å². The van der Waals surface area contributed by atoms with Crippen molar-refractivity contribution < 1.29 is 18.3 Å². The number of carbonyl (C=O) groups is 1. The monoisotopic (exact) mass is 388 g/mol. The van der Waals surface area contributed by atoms with Gasteiger partial charge in [-0.25, -0.2) is 9.37 Å². The van der Waals surface area contributed by atoms with Crippen molar-refractivity contribution in [1.82, 2.24) is 4.98 Å². The zero-order valence-corrected chi connectivity index (χ0v) is 15.3. The number of ether oxygens (including phenoxy) is 1. The average Bonchev–Trinajstić information content (AvgIpc) is 3.29. The standard InChI is InChI=1S/C23H17FN2O3/c24-18-10-8-16(9-11-18)14-28-21-7-2-1-6-20(21)23(27)26-19-5-3-4-17(12-19)22-13-25-15-29-22/h1-13,15H,14H2,(H,26,27). The number of para-hydroxylation sites is 1. The second kappa shape index (κ2) is 8.39. The molecule has 0 fully saturated rings. The number of anilines is 1. The Morgan fingerprint density at radius 2 is 1.86 bits per heavy atom. The van der Waals surface area contributed by atoms with Gasteiger partial charge in [-0.15, -0.1) is 0 Å². The summed E-state index contributed by atoms with van der Waals surface area (Å²) in [6.07, 6.45) is 2.97. The van der Waals surface area contributed by atoms with Gasteiger partial charge in [0.15, 0.2) is 12.2 Å². The van der Waals surface area contributed by atoms with Crippen LogP contribution < -0.4 is 10.1 Å². The van der Waals surface area contributed by atoms with E-state index in [1.807, 2.05) is 12.1 Å². The second-order valence-corrected chi connectivity index (χ2v) is 6.31. The summed E-state index contributed by atoms with van der Waals surface area (Å²) < 4.78 is 24.1. The highest BCUT2D eigenvalue weighted by atomic mass is 19.1. The SMILES string of the molecule is O=C(Nc1cccc(-c2cnco2)c1)c1ccccc1OCc1ccc(F)cc1. The molecule has 1 heterocycles. The molecule has 1 amide bonds. The first-order valence-corrected chi connectivity index (χ1v) is 8.95. The Labute approximate surface area is 166 Å². The fraction of sp³-hybridized carbons (Fsp3) is 0.0435. The van der Waals surface area contributed by atoms with Crippen LogP contribution in [0.4, 0.5) is 10.1 Å². The Morgan fingerprint density at radius 1 is 1.03 bits per heavy atom. The third-order valence-electron chi connectivity index (χ3n) is 4.28. The predicted molar refractivity (Wildman–Crippen MR) is 107 cm³/mol. The maximum Gasteiger partial charge on any atom is 0.259 e. The molecule has 4 rings (SSSR count). The van der Waals surface area contributed by atoms with Gasteiger partial charge in [-0.3, -0.25) is 4.79 Å². The quantitative estimate of drug-likeness (QED) is 0.486. The van der Waals surface area contributed by atoms with Crippen LogP contribution in [0.1, 0.15) is 15.9 Å². The molecule has 0 bridgehead atoms. The van der Waals surface area contributed by atoms with Crippen LogP contribution in [0, 0.1) is 5.82 Å². The molecule has 5 nitrogen and oxygen atoms in total. The topological polar surface area (TPSA) is 64.4 Å². The van der Waals surface area contributed by atoms with Gasteiger partial charge in [0.1, 0.15) is 18.2 Å². The van der Waals surface area contributed by atoms with Crippen LogP contribution >= 0.6 is 0 Å². The number of benzene rings is 3. The van der Waals surface area contributed by atoms with Crippen LogP contribution in [0.25, 0.3) is 11.3 Å². The van der Waals surface area contributed by atoms with Crippen molar-refractivity contribution >= 4 is 11.6 Å². The summed E-state index contributed by atoms with van der Waals surface area (Å²) in [7, 11) is 0. The first kappa shape index (κ1) is 18.4. The number of carbonyl (C=O) groups excluding carboxylic acids is 1. The molecule has 0 unspecified atom stereocenters. The normalized spacial score (nSPS) is 10.5. The number of halogens is 1. The van der Waals surface area contributed by atoms with Crippen molar-refractivity contribution in [1.29, 1.82) is 0 Å². The van der Waals surface area contributed by atoms with E-state index < -0.39 is 0 Å². The van der Waals surface area contributed by atoms with E-state index in [-0.39, 0.29) is 18.3 Å². The first-order valence-electron chi connectivity index (χ1n) is 8.95. The molecule has 1 N–H and O–H groups in total. The molecule has 0 aliphatic rings. The fourth-order valence-electron chi connectivity index (χ4n) is 2.83. The van der Waals surface area contributed by atoms with E-state index in [2.05, 4.69) is 10.3 Å². The molecule has 0 atom stereocenters. The maximum atomic E-state index is 13.0. The van der Waals surface area contributed by atoms with Gasteiger partial charge in [0.05, 0.1) is 11.8 Å². The lowest BCUT2D eigenvalue weighted by Crippen LogP contribution is -2.13. The van der Waals surface area contributed by atoms with Crippen molar-refractivity contribution in [3.63, 3.8) is 0 Å². The largest absolute Gasteiger partial charge is 0.488 e. The molecule has 144 valence electrons. The number of amides is 1. The number of rotatable bonds is 6. The van der Waals surface area contributed by atoms with Crippen LogP contribution in [0.2, 0.25) is 0 Å². The minimum absolute atomic E-state index is 0.228. The molecule has 4 aromatic rings. The summed E-state index contributed by atoms with van der Waals surface area (Å²) in [6.45, 7) is 0.228. The molecule has 1 aromatic heterocycles. The molecular weight excluding hydrogens is 371 g/mol. The Kier molecular flexibility index (Phi) is 5.33. The van der Waals surface area contributed by atoms with Gasteiger partial charge >= 0.3 is 0 Å².